The zero-order valence-electron chi connectivity index (χ0n) is 10.4. The molecule has 0 aromatic heterocycles. The highest BCUT2D eigenvalue weighted by Gasteiger charge is 2.29. The summed E-state index contributed by atoms with van der Waals surface area (Å²) in [4.78, 5) is 0. The Balaban J connectivity index is 1.60. The van der Waals surface area contributed by atoms with E-state index in [1.165, 1.54) is 17.7 Å². The number of benzene rings is 1. The fraction of sp³-hybridized carbons (Fsp3) is 0.571. The summed E-state index contributed by atoms with van der Waals surface area (Å²) in [6.45, 7) is 1.94. The van der Waals surface area contributed by atoms with Crippen molar-refractivity contribution in [1.82, 2.24) is 5.32 Å². The molecule has 100 valence electrons. The lowest BCUT2D eigenvalue weighted by molar-refractivity contribution is 0.0901. The van der Waals surface area contributed by atoms with E-state index in [0.29, 0.717) is 25.2 Å². The summed E-state index contributed by atoms with van der Waals surface area (Å²) >= 11 is 0. The fourth-order valence-electron chi connectivity index (χ4n) is 2.29. The second-order valence-corrected chi connectivity index (χ2v) is 4.71. The maximum Gasteiger partial charge on any atom is 0.123 e. The van der Waals surface area contributed by atoms with Gasteiger partial charge in [0.1, 0.15) is 5.82 Å². The van der Waals surface area contributed by atoms with Gasteiger partial charge in [-0.15, -0.1) is 0 Å². The van der Waals surface area contributed by atoms with Crippen molar-refractivity contribution in [3.8, 4) is 0 Å². The van der Waals surface area contributed by atoms with Gasteiger partial charge >= 0.3 is 0 Å². The predicted molar refractivity (Wildman–Crippen MR) is 68.1 cm³/mol. The monoisotopic (exact) mass is 253 g/mol. The van der Waals surface area contributed by atoms with E-state index in [0.717, 1.165) is 19.4 Å². The molecule has 0 spiro atoms. The SMILES string of the molecule is OCCOCCNC1CC(c2ccc(F)cc2)C1. The highest BCUT2D eigenvalue weighted by atomic mass is 19.1. The van der Waals surface area contributed by atoms with Crippen LogP contribution in [0, 0.1) is 5.82 Å². The Morgan fingerprint density at radius 3 is 2.61 bits per heavy atom. The van der Waals surface area contributed by atoms with Gasteiger partial charge in [0.2, 0.25) is 0 Å². The zero-order valence-corrected chi connectivity index (χ0v) is 10.4. The first-order valence-corrected chi connectivity index (χ1v) is 6.47. The summed E-state index contributed by atoms with van der Waals surface area (Å²) in [5, 5.41) is 11.9. The van der Waals surface area contributed by atoms with Crippen molar-refractivity contribution in [2.45, 2.75) is 24.8 Å². The van der Waals surface area contributed by atoms with Crippen molar-refractivity contribution < 1.29 is 14.2 Å². The summed E-state index contributed by atoms with van der Waals surface area (Å²) in [6.07, 6.45) is 2.21. The quantitative estimate of drug-likeness (QED) is 0.726. The molecule has 2 rings (SSSR count). The molecule has 0 saturated heterocycles. The lowest BCUT2D eigenvalue weighted by atomic mass is 9.76. The first-order valence-electron chi connectivity index (χ1n) is 6.47. The maximum absolute atomic E-state index is 12.8. The third-order valence-corrected chi connectivity index (χ3v) is 3.39. The smallest absolute Gasteiger partial charge is 0.123 e. The van der Waals surface area contributed by atoms with Gasteiger partial charge in [-0.05, 0) is 36.5 Å². The molecule has 2 N–H and O–H groups in total. The predicted octanol–water partition coefficient (Wildman–Crippen LogP) is 1.67. The molecular weight excluding hydrogens is 233 g/mol. The molecule has 1 saturated carbocycles. The molecule has 1 aliphatic rings. The van der Waals surface area contributed by atoms with Crippen LogP contribution in [-0.4, -0.2) is 37.5 Å². The lowest BCUT2D eigenvalue weighted by Gasteiger charge is -2.36. The summed E-state index contributed by atoms with van der Waals surface area (Å²) in [5.74, 6) is 0.384. The Hall–Kier alpha value is -0.970. The topological polar surface area (TPSA) is 41.5 Å². The number of hydrogen-bond acceptors (Lipinski definition) is 3. The first-order chi connectivity index (χ1) is 8.79. The Bertz CT molecular complexity index is 349. The number of ether oxygens (including phenoxy) is 1. The minimum absolute atomic E-state index is 0.0794. The molecule has 0 bridgehead atoms. The van der Waals surface area contributed by atoms with Crippen molar-refractivity contribution in [2.75, 3.05) is 26.4 Å². The highest BCUT2D eigenvalue weighted by molar-refractivity contribution is 5.23. The van der Waals surface area contributed by atoms with Crippen LogP contribution in [0.5, 0.6) is 0 Å². The fourth-order valence-corrected chi connectivity index (χ4v) is 2.29. The van der Waals surface area contributed by atoms with Gasteiger partial charge in [-0.1, -0.05) is 12.1 Å². The van der Waals surface area contributed by atoms with Crippen molar-refractivity contribution in [2.24, 2.45) is 0 Å². The molecule has 4 heteroatoms. The molecule has 0 amide bonds. The molecule has 1 aromatic rings. The van der Waals surface area contributed by atoms with Crippen molar-refractivity contribution in [3.05, 3.63) is 35.6 Å². The summed E-state index contributed by atoms with van der Waals surface area (Å²) in [7, 11) is 0. The number of aliphatic hydroxyl groups is 1. The average molecular weight is 253 g/mol. The van der Waals surface area contributed by atoms with Crippen molar-refractivity contribution in [3.63, 3.8) is 0 Å². The molecule has 3 nitrogen and oxygen atoms in total. The van der Waals surface area contributed by atoms with E-state index in [-0.39, 0.29) is 12.4 Å². The van der Waals surface area contributed by atoms with E-state index in [4.69, 9.17) is 9.84 Å². The Kier molecular flexibility index (Phi) is 5.11. The lowest BCUT2D eigenvalue weighted by Crippen LogP contribution is -2.41. The van der Waals surface area contributed by atoms with Gasteiger partial charge in [-0.25, -0.2) is 4.39 Å². The molecule has 1 fully saturated rings. The second kappa shape index (κ2) is 6.83. The minimum atomic E-state index is -0.172. The van der Waals surface area contributed by atoms with Crippen LogP contribution >= 0.6 is 0 Å². The Labute approximate surface area is 107 Å². The van der Waals surface area contributed by atoms with Gasteiger partial charge in [0.25, 0.3) is 0 Å². The molecule has 0 atom stereocenters. The van der Waals surface area contributed by atoms with Crippen LogP contribution in [-0.2, 0) is 4.74 Å². The molecule has 18 heavy (non-hydrogen) atoms. The van der Waals surface area contributed by atoms with E-state index in [1.807, 2.05) is 12.1 Å². The van der Waals surface area contributed by atoms with Crippen LogP contribution in [0.4, 0.5) is 4.39 Å². The summed E-state index contributed by atoms with van der Waals surface area (Å²) in [5.41, 5.74) is 1.23. The van der Waals surface area contributed by atoms with Crippen molar-refractivity contribution in [1.29, 1.82) is 0 Å². The van der Waals surface area contributed by atoms with Crippen molar-refractivity contribution >= 4 is 0 Å². The number of aliphatic hydroxyl groups excluding tert-OH is 1. The maximum atomic E-state index is 12.8. The van der Waals surface area contributed by atoms with E-state index >= 15 is 0 Å². The van der Waals surface area contributed by atoms with E-state index < -0.39 is 0 Å². The normalized spacial score (nSPS) is 22.8. The van der Waals surface area contributed by atoms with Crippen LogP contribution in [0.2, 0.25) is 0 Å². The molecular formula is C14H20FNO2. The minimum Gasteiger partial charge on any atom is -0.394 e. The van der Waals surface area contributed by atoms with Crippen LogP contribution in [0.25, 0.3) is 0 Å². The Morgan fingerprint density at radius 2 is 1.94 bits per heavy atom. The standard InChI is InChI=1S/C14H20FNO2/c15-13-3-1-11(2-4-13)12-9-14(10-12)16-5-7-18-8-6-17/h1-4,12,14,16-17H,5-10H2. The molecule has 0 heterocycles. The van der Waals surface area contributed by atoms with Gasteiger partial charge in [0.15, 0.2) is 0 Å². The van der Waals surface area contributed by atoms with Gasteiger partial charge in [0.05, 0.1) is 19.8 Å². The van der Waals surface area contributed by atoms with Crippen LogP contribution in [0.15, 0.2) is 24.3 Å². The number of halogens is 1. The third-order valence-electron chi connectivity index (χ3n) is 3.39. The zero-order chi connectivity index (χ0) is 12.8. The van der Waals surface area contributed by atoms with E-state index in [2.05, 4.69) is 5.32 Å². The van der Waals surface area contributed by atoms with Crippen LogP contribution in [0.3, 0.4) is 0 Å². The van der Waals surface area contributed by atoms with Crippen LogP contribution in [0.1, 0.15) is 24.3 Å². The molecule has 0 radical (unpaired) electrons. The van der Waals surface area contributed by atoms with Gasteiger partial charge in [0, 0.05) is 12.6 Å². The number of hydrogen-bond donors (Lipinski definition) is 2. The highest BCUT2D eigenvalue weighted by Crippen LogP contribution is 2.36. The van der Waals surface area contributed by atoms with Gasteiger partial charge < -0.3 is 15.2 Å². The molecule has 0 unspecified atom stereocenters. The molecule has 1 aliphatic carbocycles. The second-order valence-electron chi connectivity index (χ2n) is 4.71. The number of rotatable bonds is 7. The van der Waals surface area contributed by atoms with Gasteiger partial charge in [-0.3, -0.25) is 0 Å². The van der Waals surface area contributed by atoms with Crippen LogP contribution < -0.4 is 5.32 Å². The number of nitrogens with one attached hydrogen (secondary N) is 1. The van der Waals surface area contributed by atoms with E-state index in [1.54, 1.807) is 0 Å². The van der Waals surface area contributed by atoms with Gasteiger partial charge in [-0.2, -0.15) is 0 Å². The third kappa shape index (κ3) is 3.77. The summed E-state index contributed by atoms with van der Waals surface area (Å²) in [6, 6.07) is 7.34. The first kappa shape index (κ1) is 13.5. The molecule has 0 aliphatic heterocycles. The van der Waals surface area contributed by atoms with E-state index in [9.17, 15) is 4.39 Å². The summed E-state index contributed by atoms with van der Waals surface area (Å²) < 4.78 is 17.9. The largest absolute Gasteiger partial charge is 0.394 e. The molecule has 1 aromatic carbocycles. The average Bonchev–Trinajstić information content (AvgIpc) is 2.33. The Morgan fingerprint density at radius 1 is 1.22 bits per heavy atom.